The van der Waals surface area contributed by atoms with Gasteiger partial charge in [-0.3, -0.25) is 4.79 Å². The molecule has 0 aromatic carbocycles. The van der Waals surface area contributed by atoms with Crippen molar-refractivity contribution < 1.29 is 22.2 Å². The lowest BCUT2D eigenvalue weighted by molar-refractivity contribution is -0.133. The maximum atomic E-state index is 12.6. The van der Waals surface area contributed by atoms with Crippen molar-refractivity contribution in [3.05, 3.63) is 0 Å². The second-order valence-corrected chi connectivity index (χ2v) is 7.30. The molecule has 0 spiro atoms. The van der Waals surface area contributed by atoms with Gasteiger partial charge in [-0.1, -0.05) is 20.8 Å². The Balaban J connectivity index is 2.78. The van der Waals surface area contributed by atoms with Crippen LogP contribution in [0.25, 0.3) is 0 Å². The number of carbonyl (C=O) groups excluding carboxylic acids is 1. The first-order valence-electron chi connectivity index (χ1n) is 5.87. The van der Waals surface area contributed by atoms with Crippen LogP contribution >= 0.6 is 0 Å². The molecular weight excluding hydrogens is 261 g/mol. The van der Waals surface area contributed by atoms with Gasteiger partial charge in [-0.25, -0.2) is 0 Å². The lowest BCUT2D eigenvalue weighted by Crippen LogP contribution is -2.47. The Hall–Kier alpha value is -0.690. The van der Waals surface area contributed by atoms with Gasteiger partial charge >= 0.3 is 10.2 Å². The van der Waals surface area contributed by atoms with Crippen LogP contribution < -0.4 is 0 Å². The summed E-state index contributed by atoms with van der Waals surface area (Å²) in [4.78, 5) is 13.3. The minimum atomic E-state index is -4.56. The van der Waals surface area contributed by atoms with Crippen LogP contribution in [0.4, 0.5) is 3.89 Å². The summed E-state index contributed by atoms with van der Waals surface area (Å²) in [6, 6.07) is -0.377. The maximum Gasteiger partial charge on any atom is 0.302 e. The predicted octanol–water partition coefficient (Wildman–Crippen LogP) is 0.541. The summed E-state index contributed by atoms with van der Waals surface area (Å²) < 4.78 is 33.8. The van der Waals surface area contributed by atoms with Gasteiger partial charge in [-0.2, -0.15) is 8.42 Å². The van der Waals surface area contributed by atoms with Crippen molar-refractivity contribution >= 4 is 16.1 Å². The molecule has 0 bridgehead atoms. The third-order valence-electron chi connectivity index (χ3n) is 3.22. The monoisotopic (exact) mass is 281 g/mol. The van der Waals surface area contributed by atoms with Crippen molar-refractivity contribution in [1.29, 1.82) is 0 Å². The molecule has 2 atom stereocenters. The van der Waals surface area contributed by atoms with E-state index < -0.39 is 21.9 Å². The second kappa shape index (κ2) is 5.13. The zero-order valence-corrected chi connectivity index (χ0v) is 11.7. The van der Waals surface area contributed by atoms with Crippen molar-refractivity contribution in [2.45, 2.75) is 33.2 Å². The highest BCUT2D eigenvalue weighted by molar-refractivity contribution is 7.86. The number of likely N-dealkylation sites (tertiary alicyclic amines) is 1. The zero-order valence-electron chi connectivity index (χ0n) is 10.9. The van der Waals surface area contributed by atoms with Crippen LogP contribution in [0.5, 0.6) is 0 Å². The maximum absolute atomic E-state index is 12.6. The number of rotatable bonds is 4. The molecule has 1 aliphatic rings. The lowest BCUT2D eigenvalue weighted by atomic mass is 9.86. The number of halogens is 1. The summed E-state index contributed by atoms with van der Waals surface area (Å²) >= 11 is 0. The number of hydrogen-bond donors (Lipinski definition) is 1. The Morgan fingerprint density at radius 2 is 2.06 bits per heavy atom. The van der Waals surface area contributed by atoms with Crippen molar-refractivity contribution in [2.24, 2.45) is 11.3 Å². The van der Waals surface area contributed by atoms with E-state index in [4.69, 9.17) is 0 Å². The van der Waals surface area contributed by atoms with E-state index in [0.717, 1.165) is 0 Å². The Kier molecular flexibility index (Phi) is 4.38. The molecule has 7 heteroatoms. The molecule has 1 aliphatic heterocycles. The van der Waals surface area contributed by atoms with Crippen LogP contribution in [0.1, 0.15) is 27.2 Å². The van der Waals surface area contributed by atoms with Gasteiger partial charge in [0.15, 0.2) is 0 Å². The molecule has 18 heavy (non-hydrogen) atoms. The Morgan fingerprint density at radius 3 is 2.44 bits per heavy atom. The van der Waals surface area contributed by atoms with Gasteiger partial charge < -0.3 is 10.0 Å². The summed E-state index contributed by atoms with van der Waals surface area (Å²) in [5.74, 6) is -1.38. The summed E-state index contributed by atoms with van der Waals surface area (Å²) in [6.07, 6.45) is 0.0235. The minimum absolute atomic E-state index is 0.0235. The van der Waals surface area contributed by atoms with Gasteiger partial charge in [0, 0.05) is 18.9 Å². The van der Waals surface area contributed by atoms with E-state index in [-0.39, 0.29) is 36.9 Å². The molecule has 1 saturated heterocycles. The molecule has 0 aromatic rings. The summed E-state index contributed by atoms with van der Waals surface area (Å²) in [5, 5.41) is 9.37. The van der Waals surface area contributed by atoms with Crippen LogP contribution in [0.2, 0.25) is 0 Å². The summed E-state index contributed by atoms with van der Waals surface area (Å²) in [5.41, 5.74) is -0.312. The van der Waals surface area contributed by atoms with Crippen molar-refractivity contribution in [1.82, 2.24) is 4.90 Å². The van der Waals surface area contributed by atoms with E-state index in [1.165, 1.54) is 4.90 Å². The van der Waals surface area contributed by atoms with E-state index >= 15 is 0 Å². The van der Waals surface area contributed by atoms with Crippen LogP contribution in [-0.4, -0.2) is 49.3 Å². The van der Waals surface area contributed by atoms with Gasteiger partial charge in [0.05, 0.1) is 18.4 Å². The first-order chi connectivity index (χ1) is 8.04. The molecule has 1 rings (SSSR count). The number of amides is 1. The van der Waals surface area contributed by atoms with Gasteiger partial charge in [0.2, 0.25) is 5.91 Å². The number of carbonyl (C=O) groups is 1. The molecule has 106 valence electrons. The second-order valence-electron chi connectivity index (χ2n) is 5.89. The average molecular weight is 281 g/mol. The predicted molar refractivity (Wildman–Crippen MR) is 65.0 cm³/mol. The fourth-order valence-corrected chi connectivity index (χ4v) is 3.13. The lowest BCUT2D eigenvalue weighted by Gasteiger charge is -2.36. The van der Waals surface area contributed by atoms with E-state index in [1.54, 1.807) is 0 Å². The van der Waals surface area contributed by atoms with E-state index in [1.807, 2.05) is 20.8 Å². The van der Waals surface area contributed by atoms with Gasteiger partial charge in [-0.05, 0) is 5.41 Å². The molecular formula is C11H20FNO4S. The number of nitrogens with zero attached hydrogens (tertiary/aromatic N) is 1. The highest BCUT2D eigenvalue weighted by Crippen LogP contribution is 2.30. The highest BCUT2D eigenvalue weighted by Gasteiger charge is 2.40. The Bertz CT molecular complexity index is 415. The number of aliphatic hydroxyl groups excluding tert-OH is 1. The molecule has 0 aliphatic carbocycles. The standard InChI is InChI=1S/C11H20FNO4S/c1-11(2,3)9(6-14)13-5-8(4-10(13)15)7-18(12,16)17/h8-9,14H,4-7H2,1-3H3/t8?,9-/m1/s1. The zero-order chi connectivity index (χ0) is 14.1. The SMILES string of the molecule is CC(C)(C)[C@@H](CO)N1CC(CS(=O)(=O)F)CC1=O. The first kappa shape index (κ1) is 15.4. The molecule has 0 aromatic heterocycles. The molecule has 0 saturated carbocycles. The third kappa shape index (κ3) is 3.91. The molecule has 1 amide bonds. The molecule has 1 fully saturated rings. The molecule has 1 heterocycles. The Morgan fingerprint density at radius 1 is 1.50 bits per heavy atom. The fourth-order valence-electron chi connectivity index (χ4n) is 2.34. The van der Waals surface area contributed by atoms with Crippen molar-refractivity contribution in [2.75, 3.05) is 18.9 Å². The molecule has 1 N–H and O–H groups in total. The molecule has 5 nitrogen and oxygen atoms in total. The number of aliphatic hydroxyl groups is 1. The fraction of sp³-hybridized carbons (Fsp3) is 0.909. The van der Waals surface area contributed by atoms with Crippen LogP contribution in [0.3, 0.4) is 0 Å². The average Bonchev–Trinajstić information content (AvgIpc) is 2.42. The Labute approximate surface area is 107 Å². The minimum Gasteiger partial charge on any atom is -0.394 e. The molecule has 0 radical (unpaired) electrons. The van der Waals surface area contributed by atoms with Crippen molar-refractivity contribution in [3.8, 4) is 0 Å². The summed E-state index contributed by atoms with van der Waals surface area (Å²) in [6.45, 7) is 5.66. The normalized spacial score (nSPS) is 23.5. The van der Waals surface area contributed by atoms with Crippen LogP contribution in [0, 0.1) is 11.3 Å². The van der Waals surface area contributed by atoms with E-state index in [2.05, 4.69) is 0 Å². The van der Waals surface area contributed by atoms with Crippen LogP contribution in [-0.2, 0) is 15.0 Å². The van der Waals surface area contributed by atoms with E-state index in [0.29, 0.717) is 0 Å². The topological polar surface area (TPSA) is 74.7 Å². The van der Waals surface area contributed by atoms with E-state index in [9.17, 15) is 22.2 Å². The van der Waals surface area contributed by atoms with Gasteiger partial charge in [-0.15, -0.1) is 3.89 Å². The number of hydrogen-bond acceptors (Lipinski definition) is 4. The molecule has 1 unspecified atom stereocenters. The van der Waals surface area contributed by atoms with Gasteiger partial charge in [0.1, 0.15) is 0 Å². The smallest absolute Gasteiger partial charge is 0.302 e. The summed E-state index contributed by atoms with van der Waals surface area (Å²) in [7, 11) is -4.56. The van der Waals surface area contributed by atoms with Crippen LogP contribution in [0.15, 0.2) is 0 Å². The van der Waals surface area contributed by atoms with Gasteiger partial charge in [0.25, 0.3) is 0 Å². The third-order valence-corrected chi connectivity index (χ3v) is 4.09. The first-order valence-corrected chi connectivity index (χ1v) is 7.42. The largest absolute Gasteiger partial charge is 0.394 e. The van der Waals surface area contributed by atoms with Crippen molar-refractivity contribution in [3.63, 3.8) is 0 Å². The highest BCUT2D eigenvalue weighted by atomic mass is 32.3. The quantitative estimate of drug-likeness (QED) is 0.763.